The molecule has 4 rings (SSSR count). The Hall–Kier alpha value is -2.79. The van der Waals surface area contributed by atoms with E-state index in [1.165, 1.54) is 11.3 Å². The average molecular weight is 548 g/mol. The monoisotopic (exact) mass is 547 g/mol. The van der Waals surface area contributed by atoms with E-state index in [2.05, 4.69) is 35.4 Å². The van der Waals surface area contributed by atoms with Gasteiger partial charge in [-0.2, -0.15) is 0 Å². The molecule has 1 aliphatic rings. The molecule has 0 aliphatic carbocycles. The fraction of sp³-hybridized carbons (Fsp3) is 0.462. The average Bonchev–Trinajstić information content (AvgIpc) is 3.37. The number of benzene rings is 1. The highest BCUT2D eigenvalue weighted by Crippen LogP contribution is 2.28. The van der Waals surface area contributed by atoms with Crippen LogP contribution in [0, 0.1) is 13.8 Å². The number of amides is 1. The maximum atomic E-state index is 12.7. The highest BCUT2D eigenvalue weighted by atomic mass is 35.5. The van der Waals surface area contributed by atoms with Gasteiger partial charge in [-0.15, -0.1) is 0 Å². The maximum absolute atomic E-state index is 12.7. The Morgan fingerprint density at radius 1 is 1.11 bits per heavy atom. The van der Waals surface area contributed by atoms with Crippen molar-refractivity contribution in [2.24, 2.45) is 0 Å². The predicted molar refractivity (Wildman–Crippen MR) is 155 cm³/mol. The van der Waals surface area contributed by atoms with Crippen LogP contribution in [0.3, 0.4) is 0 Å². The Kier molecular flexibility index (Phi) is 12.7. The molecule has 3 N–H and O–H groups in total. The molecule has 0 radical (unpaired) electrons. The number of aryl methyl sites for hydroxylation is 2. The Balaban J connectivity index is 0.00000115. The third kappa shape index (κ3) is 8.63. The second kappa shape index (κ2) is 15.5. The van der Waals surface area contributed by atoms with Crippen molar-refractivity contribution in [3.05, 3.63) is 51.9 Å². The number of hydrogen-bond donors (Lipinski definition) is 3. The highest BCUT2D eigenvalue weighted by Gasteiger charge is 2.19. The number of piperazine rings is 1. The number of halogens is 1. The summed E-state index contributed by atoms with van der Waals surface area (Å²) in [5.41, 5.74) is 1.47. The molecular weight excluding hydrogens is 510 g/mol. The molecule has 3 aromatic rings. The summed E-state index contributed by atoms with van der Waals surface area (Å²) in [7, 11) is 0. The molecule has 2 aromatic heterocycles. The number of rotatable bonds is 7. The minimum absolute atomic E-state index is 0.174. The first-order chi connectivity index (χ1) is 17.9. The molecule has 37 heavy (non-hydrogen) atoms. The van der Waals surface area contributed by atoms with Gasteiger partial charge in [0.05, 0.1) is 23.5 Å². The van der Waals surface area contributed by atoms with Crippen molar-refractivity contribution in [1.29, 1.82) is 0 Å². The van der Waals surface area contributed by atoms with Gasteiger partial charge in [0.1, 0.15) is 22.5 Å². The fourth-order valence-electron chi connectivity index (χ4n) is 3.64. The summed E-state index contributed by atoms with van der Waals surface area (Å²) < 4.78 is 0. The zero-order chi connectivity index (χ0) is 27.4. The van der Waals surface area contributed by atoms with Gasteiger partial charge in [0.2, 0.25) is 0 Å². The number of nitrogens with zero attached hydrogens (tertiary/aromatic N) is 5. The molecule has 1 aromatic carbocycles. The number of carbonyl (C=O) groups is 1. The summed E-state index contributed by atoms with van der Waals surface area (Å²) in [6.45, 7) is 16.0. The molecule has 0 spiro atoms. The van der Waals surface area contributed by atoms with Crippen LogP contribution in [0.5, 0.6) is 0 Å². The van der Waals surface area contributed by atoms with Crippen LogP contribution in [0.25, 0.3) is 0 Å². The molecular formula is C26H38ClN7O2S. The lowest BCUT2D eigenvalue weighted by Gasteiger charge is -2.35. The second-order valence-electron chi connectivity index (χ2n) is 7.75. The highest BCUT2D eigenvalue weighted by molar-refractivity contribution is 7.17. The molecule has 1 fully saturated rings. The molecule has 202 valence electrons. The van der Waals surface area contributed by atoms with Gasteiger partial charge >= 0.3 is 0 Å². The van der Waals surface area contributed by atoms with Crippen molar-refractivity contribution in [3.63, 3.8) is 0 Å². The van der Waals surface area contributed by atoms with Crippen LogP contribution in [0.4, 0.5) is 22.3 Å². The standard InChI is InChI=1S/C22H26ClN7O2S.2C2H6/c1-14-4-3-5-16(23)20(14)28-21(32)22-24-13-19(33-22)27-17-12-18(26-15(2)25-17)30-8-6-29(7-9-30)10-11-31;2*1-2/h3-5,12-13,31H,6-11H2,1-2H3,(H,28,32)(H,25,26,27);2*1-2H3. The lowest BCUT2D eigenvalue weighted by Crippen LogP contribution is -2.47. The van der Waals surface area contributed by atoms with E-state index in [1.54, 1.807) is 12.3 Å². The summed E-state index contributed by atoms with van der Waals surface area (Å²) >= 11 is 7.45. The minimum Gasteiger partial charge on any atom is -0.395 e. The van der Waals surface area contributed by atoms with Gasteiger partial charge in [0, 0.05) is 38.8 Å². The number of nitrogens with one attached hydrogen (secondary N) is 2. The molecule has 0 unspecified atom stereocenters. The molecule has 1 amide bonds. The molecule has 3 heterocycles. The van der Waals surface area contributed by atoms with Crippen LogP contribution < -0.4 is 15.5 Å². The normalized spacial score (nSPS) is 13.1. The summed E-state index contributed by atoms with van der Waals surface area (Å²) in [4.78, 5) is 30.4. The number of aromatic nitrogens is 3. The number of thiazole rings is 1. The van der Waals surface area contributed by atoms with Crippen molar-refractivity contribution in [2.45, 2.75) is 41.5 Å². The van der Waals surface area contributed by atoms with E-state index in [4.69, 9.17) is 16.7 Å². The van der Waals surface area contributed by atoms with E-state index < -0.39 is 0 Å². The number of carbonyl (C=O) groups excluding carboxylic acids is 1. The summed E-state index contributed by atoms with van der Waals surface area (Å²) in [6, 6.07) is 7.37. The number of para-hydroxylation sites is 1. The topological polar surface area (TPSA) is 107 Å². The molecule has 11 heteroatoms. The van der Waals surface area contributed by atoms with Crippen LogP contribution in [0.15, 0.2) is 30.5 Å². The molecule has 1 saturated heterocycles. The van der Waals surface area contributed by atoms with Crippen LogP contribution >= 0.6 is 22.9 Å². The molecule has 0 saturated carbocycles. The van der Waals surface area contributed by atoms with Gasteiger partial charge in [-0.25, -0.2) is 15.0 Å². The summed E-state index contributed by atoms with van der Waals surface area (Å²) in [6.07, 6.45) is 1.61. The number of aliphatic hydroxyl groups is 1. The quantitative estimate of drug-likeness (QED) is 0.362. The van der Waals surface area contributed by atoms with E-state index in [-0.39, 0.29) is 12.5 Å². The number of anilines is 4. The van der Waals surface area contributed by atoms with E-state index in [0.717, 1.165) is 37.6 Å². The summed E-state index contributed by atoms with van der Waals surface area (Å²) in [5, 5.41) is 16.7. The predicted octanol–water partition coefficient (Wildman–Crippen LogP) is 5.37. The van der Waals surface area contributed by atoms with E-state index in [1.807, 2.05) is 59.7 Å². The van der Waals surface area contributed by atoms with Gasteiger partial charge < -0.3 is 20.6 Å². The Bertz CT molecular complexity index is 1110. The maximum Gasteiger partial charge on any atom is 0.284 e. The van der Waals surface area contributed by atoms with Crippen LogP contribution in [0.1, 0.15) is 48.9 Å². The van der Waals surface area contributed by atoms with E-state index in [9.17, 15) is 4.79 Å². The molecule has 0 atom stereocenters. The lowest BCUT2D eigenvalue weighted by molar-refractivity contribution is 0.102. The Labute approximate surface area is 228 Å². The number of hydrogen-bond acceptors (Lipinski definition) is 9. The number of β-amino-alcohol motifs (C(OH)–C–C–N with tert-alkyl or cyclic N) is 1. The van der Waals surface area contributed by atoms with Gasteiger partial charge in [-0.3, -0.25) is 9.69 Å². The van der Waals surface area contributed by atoms with Crippen LogP contribution in [-0.4, -0.2) is 70.2 Å². The van der Waals surface area contributed by atoms with Gasteiger partial charge in [-0.1, -0.05) is 62.8 Å². The largest absolute Gasteiger partial charge is 0.395 e. The van der Waals surface area contributed by atoms with Crippen LogP contribution in [-0.2, 0) is 0 Å². The third-order valence-corrected chi connectivity index (χ3v) is 6.58. The van der Waals surface area contributed by atoms with Crippen molar-refractivity contribution >= 4 is 51.2 Å². The molecule has 9 nitrogen and oxygen atoms in total. The first-order valence-electron chi connectivity index (χ1n) is 12.7. The van der Waals surface area contributed by atoms with Crippen molar-refractivity contribution in [3.8, 4) is 0 Å². The number of aliphatic hydroxyl groups excluding tert-OH is 1. The fourth-order valence-corrected chi connectivity index (χ4v) is 4.63. The molecule has 1 aliphatic heterocycles. The minimum atomic E-state index is -0.315. The van der Waals surface area contributed by atoms with Crippen molar-refractivity contribution in [2.75, 3.05) is 54.9 Å². The summed E-state index contributed by atoms with van der Waals surface area (Å²) in [5.74, 6) is 1.84. The van der Waals surface area contributed by atoms with Gasteiger partial charge in [0.25, 0.3) is 5.91 Å². The Morgan fingerprint density at radius 3 is 2.46 bits per heavy atom. The first-order valence-corrected chi connectivity index (χ1v) is 13.9. The second-order valence-corrected chi connectivity index (χ2v) is 9.19. The van der Waals surface area contributed by atoms with Gasteiger partial charge in [0.15, 0.2) is 5.01 Å². The van der Waals surface area contributed by atoms with Crippen molar-refractivity contribution in [1.82, 2.24) is 19.9 Å². The first kappa shape index (κ1) is 30.4. The zero-order valence-corrected chi connectivity index (χ0v) is 24.1. The SMILES string of the molecule is CC.CC.Cc1nc(Nc2cnc(C(=O)Nc3c(C)cccc3Cl)s2)cc(N2CCN(CCO)CC2)n1. The van der Waals surface area contributed by atoms with Crippen molar-refractivity contribution < 1.29 is 9.90 Å². The van der Waals surface area contributed by atoms with E-state index in [0.29, 0.717) is 38.9 Å². The van der Waals surface area contributed by atoms with Gasteiger partial charge in [-0.05, 0) is 25.5 Å². The third-order valence-electron chi connectivity index (χ3n) is 5.35. The Morgan fingerprint density at radius 2 is 1.81 bits per heavy atom. The van der Waals surface area contributed by atoms with Crippen LogP contribution in [0.2, 0.25) is 5.02 Å². The molecule has 0 bridgehead atoms. The lowest BCUT2D eigenvalue weighted by atomic mass is 10.2. The zero-order valence-electron chi connectivity index (χ0n) is 22.5. The smallest absolute Gasteiger partial charge is 0.284 e. The van der Waals surface area contributed by atoms with E-state index >= 15 is 0 Å².